The van der Waals surface area contributed by atoms with Gasteiger partial charge in [0.2, 0.25) is 0 Å². The number of amides is 1. The van der Waals surface area contributed by atoms with Crippen LogP contribution < -0.4 is 5.32 Å². The van der Waals surface area contributed by atoms with Crippen LogP contribution in [-0.2, 0) is 23.9 Å². The second-order valence-electron chi connectivity index (χ2n) is 4.43. The topological polar surface area (TPSA) is 125 Å². The van der Waals surface area contributed by atoms with E-state index >= 15 is 0 Å². The van der Waals surface area contributed by atoms with Gasteiger partial charge in [-0.25, -0.2) is 9.59 Å². The molecule has 1 atom stereocenters. The van der Waals surface area contributed by atoms with Crippen molar-refractivity contribution in [2.75, 3.05) is 11.9 Å². The highest BCUT2D eigenvalue weighted by Gasteiger charge is 2.20. The van der Waals surface area contributed by atoms with Crippen LogP contribution in [0.5, 0.6) is 0 Å². The Morgan fingerprint density at radius 2 is 1.88 bits per heavy atom. The maximum atomic E-state index is 11.9. The molecule has 0 fully saturated rings. The fraction of sp³-hybridized carbons (Fsp3) is 0.267. The molecule has 1 N–H and O–H groups in total. The second kappa shape index (κ2) is 9.03. The molecule has 24 heavy (non-hydrogen) atoms. The molecule has 0 aliphatic rings. The van der Waals surface area contributed by atoms with Crippen LogP contribution >= 0.6 is 0 Å². The number of nitro benzene ring substituents is 1. The summed E-state index contributed by atoms with van der Waals surface area (Å²) in [7, 11) is 0. The molecule has 0 unspecified atom stereocenters. The van der Waals surface area contributed by atoms with Crippen LogP contribution in [0.3, 0.4) is 0 Å². The molecule has 128 valence electrons. The molecule has 0 radical (unpaired) electrons. The quantitative estimate of drug-likeness (QED) is 0.347. The summed E-state index contributed by atoms with van der Waals surface area (Å²) in [4.78, 5) is 44.7. The zero-order valence-corrected chi connectivity index (χ0v) is 13.1. The van der Waals surface area contributed by atoms with E-state index in [0.29, 0.717) is 0 Å². The van der Waals surface area contributed by atoms with Crippen molar-refractivity contribution in [3.05, 3.63) is 46.5 Å². The normalized spacial score (nSPS) is 11.6. The summed E-state index contributed by atoms with van der Waals surface area (Å²) in [5, 5.41) is 13.2. The number of rotatable bonds is 7. The van der Waals surface area contributed by atoms with Crippen molar-refractivity contribution in [3.8, 4) is 0 Å². The molecule has 0 saturated heterocycles. The predicted molar refractivity (Wildman–Crippen MR) is 83.1 cm³/mol. The number of esters is 2. The van der Waals surface area contributed by atoms with Gasteiger partial charge in [-0.05, 0) is 19.9 Å². The number of nitrogens with one attached hydrogen (secondary N) is 1. The molecule has 1 aromatic rings. The molecular weight excluding hydrogens is 320 g/mol. The van der Waals surface area contributed by atoms with Gasteiger partial charge in [0, 0.05) is 18.2 Å². The van der Waals surface area contributed by atoms with E-state index in [2.05, 4.69) is 10.1 Å². The molecule has 9 heteroatoms. The second-order valence-corrected chi connectivity index (χ2v) is 4.43. The number of hydrogen-bond donors (Lipinski definition) is 1. The minimum atomic E-state index is -1.22. The first kappa shape index (κ1) is 18.8. The molecule has 9 nitrogen and oxygen atoms in total. The monoisotopic (exact) mass is 336 g/mol. The van der Waals surface area contributed by atoms with E-state index in [1.165, 1.54) is 31.2 Å². The summed E-state index contributed by atoms with van der Waals surface area (Å²) in [6, 6.07) is 5.55. The van der Waals surface area contributed by atoms with Gasteiger partial charge in [-0.15, -0.1) is 0 Å². The summed E-state index contributed by atoms with van der Waals surface area (Å²) >= 11 is 0. The third-order valence-corrected chi connectivity index (χ3v) is 2.66. The third kappa shape index (κ3) is 5.87. The molecule has 0 saturated carbocycles. The van der Waals surface area contributed by atoms with E-state index in [-0.39, 0.29) is 18.0 Å². The lowest BCUT2D eigenvalue weighted by molar-refractivity contribution is -0.383. The highest BCUT2D eigenvalue weighted by Crippen LogP contribution is 2.23. The van der Waals surface area contributed by atoms with Crippen LogP contribution in [0.2, 0.25) is 0 Å². The van der Waals surface area contributed by atoms with Gasteiger partial charge in [0.25, 0.3) is 11.6 Å². The average molecular weight is 336 g/mol. The number of anilines is 1. The Hall–Kier alpha value is -3.23. The van der Waals surface area contributed by atoms with Crippen LogP contribution in [0.25, 0.3) is 0 Å². The largest absolute Gasteiger partial charge is 0.463 e. The van der Waals surface area contributed by atoms with Crippen LogP contribution in [-0.4, -0.2) is 35.5 Å². The zero-order valence-electron chi connectivity index (χ0n) is 13.1. The van der Waals surface area contributed by atoms with E-state index < -0.39 is 28.9 Å². The van der Waals surface area contributed by atoms with Gasteiger partial charge >= 0.3 is 11.9 Å². The van der Waals surface area contributed by atoms with Crippen molar-refractivity contribution in [2.24, 2.45) is 0 Å². The first-order chi connectivity index (χ1) is 11.3. The number of nitrogens with zero attached hydrogens (tertiary/aromatic N) is 1. The first-order valence-electron chi connectivity index (χ1n) is 6.94. The average Bonchev–Trinajstić information content (AvgIpc) is 2.53. The number of carbonyl (C=O) groups excluding carboxylic acids is 3. The summed E-state index contributed by atoms with van der Waals surface area (Å²) in [5.74, 6) is -2.39. The van der Waals surface area contributed by atoms with Crippen molar-refractivity contribution in [2.45, 2.75) is 20.0 Å². The zero-order chi connectivity index (χ0) is 18.1. The Labute approximate surface area is 137 Å². The van der Waals surface area contributed by atoms with Gasteiger partial charge in [-0.2, -0.15) is 0 Å². The van der Waals surface area contributed by atoms with Crippen LogP contribution in [0, 0.1) is 10.1 Å². The lowest BCUT2D eigenvalue weighted by Gasteiger charge is -2.12. The van der Waals surface area contributed by atoms with Gasteiger partial charge in [0.1, 0.15) is 5.69 Å². The van der Waals surface area contributed by atoms with Crippen LogP contribution in [0.4, 0.5) is 11.4 Å². The number of hydrogen-bond acceptors (Lipinski definition) is 7. The number of para-hydroxylation sites is 2. The van der Waals surface area contributed by atoms with Crippen molar-refractivity contribution in [1.82, 2.24) is 0 Å². The smallest absolute Gasteiger partial charge is 0.331 e. The molecule has 0 aliphatic heterocycles. The van der Waals surface area contributed by atoms with Crippen molar-refractivity contribution in [3.63, 3.8) is 0 Å². The maximum Gasteiger partial charge on any atom is 0.331 e. The van der Waals surface area contributed by atoms with Crippen molar-refractivity contribution < 1.29 is 28.8 Å². The summed E-state index contributed by atoms with van der Waals surface area (Å²) < 4.78 is 9.38. The van der Waals surface area contributed by atoms with Crippen molar-refractivity contribution >= 4 is 29.2 Å². The Morgan fingerprint density at radius 3 is 2.50 bits per heavy atom. The van der Waals surface area contributed by atoms with Gasteiger partial charge in [0.15, 0.2) is 6.10 Å². The minimum Gasteiger partial charge on any atom is -0.463 e. The predicted octanol–water partition coefficient (Wildman–Crippen LogP) is 1.58. The SMILES string of the molecule is CCOC(=O)/C=C/C(=O)O[C@H](C)C(=O)Nc1ccccc1[N+](=O)[O-]. The Bertz CT molecular complexity index is 670. The highest BCUT2D eigenvalue weighted by molar-refractivity contribution is 5.98. The lowest BCUT2D eigenvalue weighted by atomic mass is 10.2. The summed E-state index contributed by atoms with van der Waals surface area (Å²) in [5.41, 5.74) is -0.302. The fourth-order valence-corrected chi connectivity index (χ4v) is 1.57. The molecular formula is C15H16N2O7. The molecule has 1 aromatic carbocycles. The Balaban J connectivity index is 2.64. The summed E-state index contributed by atoms with van der Waals surface area (Å²) in [6.07, 6.45) is 0.481. The lowest BCUT2D eigenvalue weighted by Crippen LogP contribution is -2.29. The van der Waals surface area contributed by atoms with Gasteiger partial charge in [-0.3, -0.25) is 14.9 Å². The number of carbonyl (C=O) groups is 3. The van der Waals surface area contributed by atoms with Crippen molar-refractivity contribution in [1.29, 1.82) is 0 Å². The van der Waals surface area contributed by atoms with E-state index in [1.807, 2.05) is 0 Å². The number of ether oxygens (including phenoxy) is 2. The first-order valence-corrected chi connectivity index (χ1v) is 6.94. The molecule has 0 aromatic heterocycles. The number of benzene rings is 1. The van der Waals surface area contributed by atoms with E-state index in [4.69, 9.17) is 4.74 Å². The van der Waals surface area contributed by atoms with Crippen LogP contribution in [0.15, 0.2) is 36.4 Å². The maximum absolute atomic E-state index is 11.9. The molecule has 0 aliphatic carbocycles. The Morgan fingerprint density at radius 1 is 1.25 bits per heavy atom. The van der Waals surface area contributed by atoms with E-state index in [1.54, 1.807) is 6.92 Å². The molecule has 1 amide bonds. The molecule has 0 heterocycles. The van der Waals surface area contributed by atoms with Crippen LogP contribution in [0.1, 0.15) is 13.8 Å². The molecule has 0 spiro atoms. The number of nitro groups is 1. The molecule has 0 bridgehead atoms. The van der Waals surface area contributed by atoms with Gasteiger partial charge < -0.3 is 14.8 Å². The summed E-state index contributed by atoms with van der Waals surface area (Å²) in [6.45, 7) is 3.06. The van der Waals surface area contributed by atoms with E-state index in [0.717, 1.165) is 12.2 Å². The van der Waals surface area contributed by atoms with Gasteiger partial charge in [-0.1, -0.05) is 12.1 Å². The standard InChI is InChI=1S/C15H16N2O7/c1-3-23-13(18)8-9-14(19)24-10(2)15(20)16-11-6-4-5-7-12(11)17(21)22/h4-10H,3H2,1-2H3,(H,16,20)/b9-8+/t10-/m1/s1. The third-order valence-electron chi connectivity index (χ3n) is 2.66. The highest BCUT2D eigenvalue weighted by atomic mass is 16.6. The molecule has 1 rings (SSSR count). The Kier molecular flexibility index (Phi) is 7.08. The van der Waals surface area contributed by atoms with Gasteiger partial charge in [0.05, 0.1) is 11.5 Å². The van der Waals surface area contributed by atoms with E-state index in [9.17, 15) is 24.5 Å². The minimum absolute atomic E-state index is 0.0162. The fourth-order valence-electron chi connectivity index (χ4n) is 1.57.